The van der Waals surface area contributed by atoms with E-state index in [0.717, 1.165) is 17.0 Å². The SMILES string of the molecule is NCCOc1cccc(-c2ccnc(CNCC[C@H]3CN(c4ccc5c(n4)NC(=O)CO5)C(=O)O3)c2)n1.O=CO. The Morgan fingerprint density at radius 2 is 2.08 bits per heavy atom. The Morgan fingerprint density at radius 1 is 1.23 bits per heavy atom. The highest BCUT2D eigenvalue weighted by molar-refractivity contribution is 5.95. The number of carbonyl (C=O) groups excluding carboxylic acids is 2. The number of pyridine rings is 3. The van der Waals surface area contributed by atoms with Crippen molar-refractivity contribution < 1.29 is 33.7 Å². The first-order valence-corrected chi connectivity index (χ1v) is 12.5. The summed E-state index contributed by atoms with van der Waals surface area (Å²) in [6.07, 6.45) is 1.61. The van der Waals surface area contributed by atoms with Gasteiger partial charge in [0.1, 0.15) is 18.5 Å². The number of anilines is 2. The van der Waals surface area contributed by atoms with E-state index >= 15 is 0 Å². The number of carboxylic acid groups (broad SMARTS) is 1. The Bertz CT molecular complexity index is 1340. The Labute approximate surface area is 229 Å². The molecule has 2 amide bonds. The summed E-state index contributed by atoms with van der Waals surface area (Å²) < 4.78 is 16.3. The molecule has 5 heterocycles. The van der Waals surface area contributed by atoms with Crippen molar-refractivity contribution in [1.82, 2.24) is 20.3 Å². The molecule has 1 fully saturated rings. The highest BCUT2D eigenvalue weighted by atomic mass is 16.6. The van der Waals surface area contributed by atoms with Crippen LogP contribution in [0.15, 0.2) is 48.7 Å². The third kappa shape index (κ3) is 7.39. The van der Waals surface area contributed by atoms with Crippen molar-refractivity contribution in [2.24, 2.45) is 5.73 Å². The number of ether oxygens (including phenoxy) is 3. The first-order valence-electron chi connectivity index (χ1n) is 12.5. The van der Waals surface area contributed by atoms with Crippen LogP contribution in [0, 0.1) is 0 Å². The quantitative estimate of drug-likeness (QED) is 0.210. The van der Waals surface area contributed by atoms with Crippen molar-refractivity contribution in [3.63, 3.8) is 0 Å². The van der Waals surface area contributed by atoms with E-state index in [4.69, 9.17) is 29.8 Å². The molecule has 2 aliphatic heterocycles. The first-order chi connectivity index (χ1) is 19.5. The molecule has 40 heavy (non-hydrogen) atoms. The van der Waals surface area contributed by atoms with E-state index in [2.05, 4.69) is 25.6 Å². The number of carbonyl (C=O) groups is 3. The number of nitrogens with one attached hydrogen (secondary N) is 2. The molecule has 0 saturated carbocycles. The van der Waals surface area contributed by atoms with E-state index in [-0.39, 0.29) is 25.1 Å². The number of nitrogens with two attached hydrogens (primary N) is 1. The van der Waals surface area contributed by atoms with Gasteiger partial charge in [0.25, 0.3) is 12.4 Å². The molecule has 0 bridgehead atoms. The zero-order valence-electron chi connectivity index (χ0n) is 21.5. The van der Waals surface area contributed by atoms with E-state index in [1.807, 2.05) is 24.3 Å². The molecule has 5 rings (SSSR count). The Morgan fingerprint density at radius 3 is 2.90 bits per heavy atom. The maximum Gasteiger partial charge on any atom is 0.415 e. The van der Waals surface area contributed by atoms with Gasteiger partial charge in [0.05, 0.1) is 17.9 Å². The lowest BCUT2D eigenvalue weighted by Gasteiger charge is -2.19. The minimum Gasteiger partial charge on any atom is -0.483 e. The number of aromatic nitrogens is 3. The van der Waals surface area contributed by atoms with Crippen LogP contribution in [0.25, 0.3) is 11.3 Å². The highest BCUT2D eigenvalue weighted by Gasteiger charge is 2.33. The fourth-order valence-electron chi connectivity index (χ4n) is 4.00. The normalized spacial score (nSPS) is 15.6. The molecular formula is C26H29N7O7. The molecule has 14 nitrogen and oxygen atoms in total. The van der Waals surface area contributed by atoms with E-state index in [1.165, 1.54) is 4.90 Å². The molecule has 14 heteroatoms. The predicted octanol–water partition coefficient (Wildman–Crippen LogP) is 1.41. The van der Waals surface area contributed by atoms with Gasteiger partial charge < -0.3 is 35.7 Å². The second-order valence-electron chi connectivity index (χ2n) is 8.57. The van der Waals surface area contributed by atoms with Crippen molar-refractivity contribution in [2.45, 2.75) is 19.1 Å². The summed E-state index contributed by atoms with van der Waals surface area (Å²) >= 11 is 0. The van der Waals surface area contributed by atoms with Gasteiger partial charge in [0.2, 0.25) is 5.88 Å². The van der Waals surface area contributed by atoms with E-state index in [0.29, 0.717) is 62.5 Å². The van der Waals surface area contributed by atoms with Crippen LogP contribution in [0.1, 0.15) is 12.1 Å². The largest absolute Gasteiger partial charge is 0.483 e. The molecule has 0 aliphatic carbocycles. The summed E-state index contributed by atoms with van der Waals surface area (Å²) in [5.41, 5.74) is 8.08. The molecule has 0 unspecified atom stereocenters. The number of cyclic esters (lactones) is 1. The second kappa shape index (κ2) is 13.8. The first kappa shape index (κ1) is 28.2. The monoisotopic (exact) mass is 551 g/mol. The van der Waals surface area contributed by atoms with Crippen LogP contribution in [0.4, 0.5) is 16.4 Å². The van der Waals surface area contributed by atoms with Crippen molar-refractivity contribution in [3.8, 4) is 22.9 Å². The Hall–Kier alpha value is -4.82. The van der Waals surface area contributed by atoms with Crippen molar-refractivity contribution in [3.05, 3.63) is 54.4 Å². The minimum atomic E-state index is -0.472. The number of amides is 2. The molecule has 1 saturated heterocycles. The van der Waals surface area contributed by atoms with Crippen molar-refractivity contribution >= 4 is 30.1 Å². The predicted molar refractivity (Wildman–Crippen MR) is 143 cm³/mol. The van der Waals surface area contributed by atoms with E-state index in [9.17, 15) is 9.59 Å². The molecule has 0 spiro atoms. The van der Waals surface area contributed by atoms with Gasteiger partial charge in [-0.25, -0.2) is 14.8 Å². The smallest absolute Gasteiger partial charge is 0.415 e. The molecule has 3 aromatic heterocycles. The van der Waals surface area contributed by atoms with Gasteiger partial charge in [-0.3, -0.25) is 19.5 Å². The molecule has 0 aromatic carbocycles. The summed E-state index contributed by atoms with van der Waals surface area (Å²) in [6, 6.07) is 12.8. The topological polar surface area (TPSA) is 191 Å². The lowest BCUT2D eigenvalue weighted by Crippen LogP contribution is -2.29. The third-order valence-corrected chi connectivity index (χ3v) is 5.76. The molecular weight excluding hydrogens is 522 g/mol. The van der Waals surface area contributed by atoms with Gasteiger partial charge in [-0.05, 0) is 43.3 Å². The van der Waals surface area contributed by atoms with Gasteiger partial charge in [0, 0.05) is 30.9 Å². The highest BCUT2D eigenvalue weighted by Crippen LogP contribution is 2.30. The molecule has 5 N–H and O–H groups in total. The number of nitrogens with zero attached hydrogens (tertiary/aromatic N) is 4. The fraction of sp³-hybridized carbons (Fsp3) is 0.308. The summed E-state index contributed by atoms with van der Waals surface area (Å²) in [4.78, 5) is 47.1. The van der Waals surface area contributed by atoms with Gasteiger partial charge in [-0.15, -0.1) is 0 Å². The summed E-state index contributed by atoms with van der Waals surface area (Å²) in [5.74, 6) is 1.41. The average molecular weight is 552 g/mol. The van der Waals surface area contributed by atoms with Gasteiger partial charge in [-0.1, -0.05) is 6.07 Å². The van der Waals surface area contributed by atoms with Crippen LogP contribution in [0.5, 0.6) is 11.6 Å². The summed E-state index contributed by atoms with van der Waals surface area (Å²) in [7, 11) is 0. The fourth-order valence-corrected chi connectivity index (χ4v) is 4.00. The number of hydrogen-bond donors (Lipinski definition) is 4. The lowest BCUT2D eigenvalue weighted by molar-refractivity contribution is -0.123. The Kier molecular flexibility index (Phi) is 9.74. The maximum absolute atomic E-state index is 12.4. The van der Waals surface area contributed by atoms with Crippen LogP contribution in [0.2, 0.25) is 0 Å². The van der Waals surface area contributed by atoms with Gasteiger partial charge in [-0.2, -0.15) is 0 Å². The van der Waals surface area contributed by atoms with Crippen molar-refractivity contribution in [2.75, 3.05) is 43.1 Å². The number of rotatable bonds is 10. The zero-order chi connectivity index (χ0) is 28.3. The van der Waals surface area contributed by atoms with Crippen LogP contribution in [-0.4, -0.2) is 77.5 Å². The van der Waals surface area contributed by atoms with Gasteiger partial charge in [0.15, 0.2) is 18.2 Å². The maximum atomic E-state index is 12.4. The Balaban J connectivity index is 0.00000118. The average Bonchev–Trinajstić information content (AvgIpc) is 3.34. The molecule has 3 aromatic rings. The standard InChI is InChI=1S/C25H27N7O5.CH2O2/c26-8-11-35-23-3-1-2-19(29-23)16-6-10-28-17(12-16)13-27-9-7-18-14-32(25(34)37-18)21-5-4-20-24(30-21)31-22(33)15-36-20;2-1-3/h1-6,10,12,18,27H,7-9,11,13-15,26H2,(H,30,31,33);1H,(H,2,3)/t18-;/m0./s1. The lowest BCUT2D eigenvalue weighted by atomic mass is 10.1. The van der Waals surface area contributed by atoms with Crippen molar-refractivity contribution in [1.29, 1.82) is 0 Å². The van der Waals surface area contributed by atoms with Crippen LogP contribution in [0.3, 0.4) is 0 Å². The number of hydrogen-bond acceptors (Lipinski definition) is 11. The van der Waals surface area contributed by atoms with Crippen LogP contribution < -0.4 is 30.7 Å². The van der Waals surface area contributed by atoms with Gasteiger partial charge >= 0.3 is 6.09 Å². The van der Waals surface area contributed by atoms with E-state index in [1.54, 1.807) is 24.4 Å². The molecule has 2 aliphatic rings. The number of fused-ring (bicyclic) bond motifs is 1. The summed E-state index contributed by atoms with van der Waals surface area (Å²) in [6.45, 7) is 2.07. The van der Waals surface area contributed by atoms with Crippen LogP contribution >= 0.6 is 0 Å². The van der Waals surface area contributed by atoms with E-state index < -0.39 is 6.09 Å². The third-order valence-electron chi connectivity index (χ3n) is 5.76. The van der Waals surface area contributed by atoms with Crippen LogP contribution in [-0.2, 0) is 20.9 Å². The molecule has 1 atom stereocenters. The molecule has 0 radical (unpaired) electrons. The minimum absolute atomic E-state index is 0.0526. The zero-order valence-corrected chi connectivity index (χ0v) is 21.5. The molecule has 210 valence electrons. The second-order valence-corrected chi connectivity index (χ2v) is 8.57. The summed E-state index contributed by atoms with van der Waals surface area (Å²) in [5, 5.41) is 12.9.